The molecule has 0 amide bonds. The normalized spacial score (nSPS) is 45.7. The minimum atomic E-state index is -1.17. The topological polar surface area (TPSA) is 126 Å². The Morgan fingerprint density at radius 3 is 2.40 bits per heavy atom. The maximum absolute atomic E-state index is 13.9. The van der Waals surface area contributed by atoms with Crippen molar-refractivity contribution >= 4 is 11.8 Å². The summed E-state index contributed by atoms with van der Waals surface area (Å²) in [6.45, 7) is 14.9. The Labute approximate surface area is 249 Å². The van der Waals surface area contributed by atoms with Crippen LogP contribution in [0.1, 0.15) is 98.3 Å². The van der Waals surface area contributed by atoms with Gasteiger partial charge in [-0.05, 0) is 85.9 Å². The van der Waals surface area contributed by atoms with Crippen molar-refractivity contribution in [3.05, 3.63) is 35.1 Å². The van der Waals surface area contributed by atoms with E-state index in [1.54, 1.807) is 6.92 Å². The number of nitrogens with zero attached hydrogens (tertiary/aromatic N) is 3. The zero-order valence-electron chi connectivity index (χ0n) is 26.3. The number of allylic oxidation sites excluding steroid dienone is 3. The number of ketones is 1. The number of nitriles is 1. The predicted molar refractivity (Wildman–Crippen MR) is 155 cm³/mol. The summed E-state index contributed by atoms with van der Waals surface area (Å²) in [5, 5.41) is 30.7. The van der Waals surface area contributed by atoms with E-state index in [2.05, 4.69) is 50.9 Å². The van der Waals surface area contributed by atoms with Gasteiger partial charge >= 0.3 is 5.97 Å². The summed E-state index contributed by atoms with van der Waals surface area (Å²) in [5.74, 6) is -0.148. The van der Waals surface area contributed by atoms with Crippen LogP contribution in [0.5, 0.6) is 0 Å². The predicted octanol–water partition coefficient (Wildman–Crippen LogP) is 5.79. The van der Waals surface area contributed by atoms with Crippen molar-refractivity contribution in [2.45, 2.75) is 105 Å². The first-order valence-corrected chi connectivity index (χ1v) is 15.5. The number of hydrogen-bond donors (Lipinski definition) is 1. The highest BCUT2D eigenvalue weighted by Crippen LogP contribution is 2.75. The number of aliphatic hydroxyl groups is 1. The fourth-order valence-corrected chi connectivity index (χ4v) is 10.9. The molecule has 9 atom stereocenters. The number of rotatable bonds is 2. The molecule has 226 valence electrons. The van der Waals surface area contributed by atoms with Gasteiger partial charge in [0.15, 0.2) is 5.78 Å². The third-order valence-corrected chi connectivity index (χ3v) is 13.3. The second kappa shape index (κ2) is 8.87. The minimum Gasteiger partial charge on any atom is -0.469 e. The molecule has 6 rings (SSSR count). The Hall–Kier alpha value is -2.79. The molecule has 42 heavy (non-hydrogen) atoms. The van der Waals surface area contributed by atoms with Crippen molar-refractivity contribution in [1.29, 1.82) is 5.26 Å². The van der Waals surface area contributed by atoms with E-state index in [0.29, 0.717) is 5.89 Å². The fraction of sp³-hybridized carbons (Fsp3) is 0.735. The van der Waals surface area contributed by atoms with Crippen LogP contribution < -0.4 is 0 Å². The van der Waals surface area contributed by atoms with E-state index in [1.807, 2.05) is 19.1 Å². The summed E-state index contributed by atoms with van der Waals surface area (Å²) in [4.78, 5) is 27.4. The lowest BCUT2D eigenvalue weighted by Gasteiger charge is -2.70. The molecule has 1 aromatic heterocycles. The van der Waals surface area contributed by atoms with Gasteiger partial charge in [-0.25, -0.2) is 0 Å². The third-order valence-electron chi connectivity index (χ3n) is 13.3. The standard InChI is InChI=1S/C34H45N3O5/c1-19-36-37-27(42-19)33(7)23-9-10-31(5)24(30(23,4)16-20(18-35)26(33)39)15-22(38)25-21-17-29(2,3)11-13-34(21,28(40)41-8)14-12-32(25,31)6/h15-16,21-23,25,38H,9-14,17H2,1-8H3/t21?,22?,23-,25?,30+,31-,32-,33+,34+/m1/s1. The lowest BCUT2D eigenvalue weighted by Crippen LogP contribution is -2.67. The summed E-state index contributed by atoms with van der Waals surface area (Å²) in [6.07, 6.45) is 8.78. The molecule has 0 bridgehead atoms. The van der Waals surface area contributed by atoms with Crippen LogP contribution in [0.2, 0.25) is 0 Å². The van der Waals surface area contributed by atoms with Crippen LogP contribution in [-0.4, -0.2) is 40.3 Å². The van der Waals surface area contributed by atoms with Gasteiger partial charge in [0.25, 0.3) is 0 Å². The van der Waals surface area contributed by atoms with E-state index in [4.69, 9.17) is 9.15 Å². The van der Waals surface area contributed by atoms with E-state index in [-0.39, 0.29) is 57.2 Å². The zero-order chi connectivity index (χ0) is 30.7. The third kappa shape index (κ3) is 3.43. The van der Waals surface area contributed by atoms with Gasteiger partial charge in [0.1, 0.15) is 11.5 Å². The number of aliphatic hydroxyl groups excluding tert-OH is 1. The molecule has 5 aliphatic rings. The largest absolute Gasteiger partial charge is 0.469 e. The second-order valence-electron chi connectivity index (χ2n) is 15.7. The number of ether oxygens (including phenoxy) is 1. The molecule has 3 saturated carbocycles. The number of carbonyl (C=O) groups excluding carboxylic acids is 2. The number of esters is 1. The molecular formula is C34H45N3O5. The van der Waals surface area contributed by atoms with Crippen LogP contribution in [0.3, 0.4) is 0 Å². The molecule has 1 N–H and O–H groups in total. The zero-order valence-corrected chi connectivity index (χ0v) is 26.3. The van der Waals surface area contributed by atoms with Gasteiger partial charge < -0.3 is 14.3 Å². The van der Waals surface area contributed by atoms with E-state index < -0.39 is 22.3 Å². The van der Waals surface area contributed by atoms with Gasteiger partial charge in [0, 0.05) is 12.3 Å². The smallest absolute Gasteiger partial charge is 0.312 e. The molecule has 1 heterocycles. The number of carbonyl (C=O) groups is 2. The number of aryl methyl sites for hydroxylation is 1. The van der Waals surface area contributed by atoms with E-state index in [0.717, 1.165) is 50.5 Å². The molecule has 0 radical (unpaired) electrons. The van der Waals surface area contributed by atoms with Gasteiger partial charge in [-0.1, -0.05) is 52.3 Å². The molecule has 1 aromatic rings. The summed E-state index contributed by atoms with van der Waals surface area (Å²) in [6, 6.07) is 2.18. The van der Waals surface area contributed by atoms with Crippen LogP contribution in [0.4, 0.5) is 0 Å². The molecule has 0 spiro atoms. The number of aromatic nitrogens is 2. The Balaban J connectivity index is 1.54. The summed E-state index contributed by atoms with van der Waals surface area (Å²) in [7, 11) is 1.49. The monoisotopic (exact) mass is 575 g/mol. The average molecular weight is 576 g/mol. The summed E-state index contributed by atoms with van der Waals surface area (Å²) in [5.41, 5.74) is -1.83. The van der Waals surface area contributed by atoms with Gasteiger partial charge in [-0.2, -0.15) is 5.26 Å². The second-order valence-corrected chi connectivity index (χ2v) is 15.7. The van der Waals surface area contributed by atoms with Crippen molar-refractivity contribution in [2.24, 2.45) is 44.8 Å². The van der Waals surface area contributed by atoms with Crippen molar-refractivity contribution < 1.29 is 23.8 Å². The SMILES string of the molecule is COC(=O)[C@]12CCC(C)(C)CC1C1C(O)C=C3[C@@]4(C)C=C(C#N)C(=O)[C@@](C)(c5nnc(C)o5)[C@@H]4CC[C@@]3(C)[C@]1(C)CC2. The molecule has 5 aliphatic carbocycles. The van der Waals surface area contributed by atoms with Crippen LogP contribution in [0.25, 0.3) is 0 Å². The Morgan fingerprint density at radius 2 is 1.79 bits per heavy atom. The first-order valence-electron chi connectivity index (χ1n) is 15.5. The molecule has 0 saturated heterocycles. The molecule has 8 heteroatoms. The number of hydrogen-bond acceptors (Lipinski definition) is 8. The summed E-state index contributed by atoms with van der Waals surface area (Å²) >= 11 is 0. The first-order chi connectivity index (χ1) is 19.5. The van der Waals surface area contributed by atoms with Gasteiger partial charge in [0.05, 0.1) is 24.2 Å². The van der Waals surface area contributed by atoms with Crippen molar-refractivity contribution in [3.63, 3.8) is 0 Å². The van der Waals surface area contributed by atoms with Gasteiger partial charge in [0.2, 0.25) is 11.8 Å². The Morgan fingerprint density at radius 1 is 1.10 bits per heavy atom. The molecule has 0 aromatic carbocycles. The number of Topliss-reactive ketones (excluding diaryl/α,β-unsaturated/α-hetero) is 1. The van der Waals surface area contributed by atoms with Crippen LogP contribution >= 0.6 is 0 Å². The number of fused-ring (bicyclic) bond motifs is 7. The van der Waals surface area contributed by atoms with Crippen molar-refractivity contribution in [2.75, 3.05) is 7.11 Å². The van der Waals surface area contributed by atoms with E-state index in [1.165, 1.54) is 7.11 Å². The minimum absolute atomic E-state index is 0.00705. The molecule has 0 aliphatic heterocycles. The maximum Gasteiger partial charge on any atom is 0.312 e. The lowest BCUT2D eigenvalue weighted by atomic mass is 9.34. The van der Waals surface area contributed by atoms with Crippen LogP contribution in [0, 0.1) is 63.1 Å². The van der Waals surface area contributed by atoms with Crippen LogP contribution in [0.15, 0.2) is 27.7 Å². The van der Waals surface area contributed by atoms with E-state index >= 15 is 0 Å². The number of methoxy groups -OCH3 is 1. The highest BCUT2D eigenvalue weighted by atomic mass is 16.5. The lowest BCUT2D eigenvalue weighted by molar-refractivity contribution is -0.203. The molecular weight excluding hydrogens is 530 g/mol. The van der Waals surface area contributed by atoms with E-state index in [9.17, 15) is 20.0 Å². The fourth-order valence-electron chi connectivity index (χ4n) is 10.9. The van der Waals surface area contributed by atoms with Crippen LogP contribution in [-0.2, 0) is 19.7 Å². The average Bonchev–Trinajstić information content (AvgIpc) is 3.38. The van der Waals surface area contributed by atoms with Crippen molar-refractivity contribution in [1.82, 2.24) is 10.2 Å². The van der Waals surface area contributed by atoms with Gasteiger partial charge in [-0.15, -0.1) is 10.2 Å². The quantitative estimate of drug-likeness (QED) is 0.347. The Bertz CT molecular complexity index is 1470. The summed E-state index contributed by atoms with van der Waals surface area (Å²) < 4.78 is 11.4. The Kier molecular flexibility index (Phi) is 6.19. The first kappa shape index (κ1) is 29.3. The van der Waals surface area contributed by atoms with Gasteiger partial charge in [-0.3, -0.25) is 9.59 Å². The molecule has 3 fully saturated rings. The molecule has 8 nitrogen and oxygen atoms in total. The maximum atomic E-state index is 13.9. The molecule has 3 unspecified atom stereocenters. The highest BCUT2D eigenvalue weighted by Gasteiger charge is 2.71. The van der Waals surface area contributed by atoms with Crippen molar-refractivity contribution in [3.8, 4) is 6.07 Å². The highest BCUT2D eigenvalue weighted by molar-refractivity contribution is 6.07.